The highest BCUT2D eigenvalue weighted by atomic mass is 15.0. The van der Waals surface area contributed by atoms with E-state index in [0.29, 0.717) is 5.92 Å². The van der Waals surface area contributed by atoms with Gasteiger partial charge in [0.15, 0.2) is 0 Å². The molecule has 0 amide bonds. The summed E-state index contributed by atoms with van der Waals surface area (Å²) < 4.78 is 5.15. The summed E-state index contributed by atoms with van der Waals surface area (Å²) in [7, 11) is 0. The lowest BCUT2D eigenvalue weighted by atomic mass is 9.90. The number of rotatable bonds is 5. The van der Waals surface area contributed by atoms with E-state index in [0.717, 1.165) is 32.1 Å². The van der Waals surface area contributed by atoms with Crippen molar-refractivity contribution in [1.82, 2.24) is 9.13 Å². The second-order valence-corrected chi connectivity index (χ2v) is 13.8. The van der Waals surface area contributed by atoms with Crippen LogP contribution in [0, 0.1) is 0 Å². The highest BCUT2D eigenvalue weighted by Gasteiger charge is 2.23. The van der Waals surface area contributed by atoms with E-state index in [1.165, 1.54) is 76.8 Å². The Morgan fingerprint density at radius 3 is 2.33 bits per heavy atom. The summed E-state index contributed by atoms with van der Waals surface area (Å²) in [5, 5.41) is 6.77. The second-order valence-electron chi connectivity index (χ2n) is 13.8. The van der Waals surface area contributed by atoms with Crippen molar-refractivity contribution < 1.29 is 0 Å². The van der Waals surface area contributed by atoms with Gasteiger partial charge in [-0.05, 0) is 84.2 Å². The van der Waals surface area contributed by atoms with Gasteiger partial charge in [-0.2, -0.15) is 0 Å². The number of benzene rings is 4. The average molecular weight is 631 g/mol. The molecule has 0 saturated carbocycles. The van der Waals surface area contributed by atoms with Crippen molar-refractivity contribution in [2.24, 2.45) is 0 Å². The van der Waals surface area contributed by atoms with E-state index in [1.54, 1.807) is 0 Å². The first-order chi connectivity index (χ1) is 24.3. The van der Waals surface area contributed by atoms with Crippen LogP contribution in [0.15, 0.2) is 157 Å². The Kier molecular flexibility index (Phi) is 6.68. The number of aromatic nitrogens is 2. The molecule has 0 spiro atoms. The smallest absolute Gasteiger partial charge is 0.0560 e. The van der Waals surface area contributed by atoms with Crippen LogP contribution in [0.3, 0.4) is 0 Å². The van der Waals surface area contributed by atoms with Crippen LogP contribution in [0.5, 0.6) is 0 Å². The molecule has 0 N–H and O–H groups in total. The summed E-state index contributed by atoms with van der Waals surface area (Å²) in [4.78, 5) is 0. The molecule has 2 heterocycles. The molecule has 0 radical (unpaired) electrons. The van der Waals surface area contributed by atoms with E-state index in [1.807, 2.05) is 0 Å². The van der Waals surface area contributed by atoms with Crippen molar-refractivity contribution in [2.75, 3.05) is 0 Å². The third-order valence-corrected chi connectivity index (χ3v) is 11.1. The number of fused-ring (bicyclic) bond motifs is 6. The van der Waals surface area contributed by atoms with Crippen molar-refractivity contribution in [3.05, 3.63) is 179 Å². The van der Waals surface area contributed by atoms with Gasteiger partial charge in [0.25, 0.3) is 0 Å². The molecule has 0 saturated heterocycles. The lowest BCUT2D eigenvalue weighted by molar-refractivity contribution is 0.649. The van der Waals surface area contributed by atoms with Crippen LogP contribution in [0.1, 0.15) is 55.2 Å². The molecule has 2 atom stereocenters. The van der Waals surface area contributed by atoms with Crippen molar-refractivity contribution in [3.8, 4) is 0 Å². The normalized spacial score (nSPS) is 20.1. The number of para-hydroxylation sites is 2. The Hall–Kier alpha value is -5.60. The molecule has 6 aromatic rings. The van der Waals surface area contributed by atoms with Gasteiger partial charge in [0, 0.05) is 49.4 Å². The van der Waals surface area contributed by atoms with E-state index in [9.17, 15) is 0 Å². The van der Waals surface area contributed by atoms with Gasteiger partial charge in [0.05, 0.1) is 11.6 Å². The molecule has 4 aromatic carbocycles. The van der Waals surface area contributed by atoms with Crippen LogP contribution >= 0.6 is 0 Å². The minimum atomic E-state index is 0.286. The minimum Gasteiger partial charge on any atom is -0.333 e. The Balaban J connectivity index is 1.07. The predicted octanol–water partition coefficient (Wildman–Crippen LogP) is 10.5. The lowest BCUT2D eigenvalue weighted by Crippen LogP contribution is -2.32. The summed E-state index contributed by atoms with van der Waals surface area (Å²) in [6.07, 6.45) is 28.8. The van der Waals surface area contributed by atoms with Crippen LogP contribution in [0.4, 0.5) is 0 Å². The van der Waals surface area contributed by atoms with Gasteiger partial charge in [0.1, 0.15) is 0 Å². The molecule has 2 nitrogen and oxygen atoms in total. The van der Waals surface area contributed by atoms with E-state index >= 15 is 0 Å². The third-order valence-electron chi connectivity index (χ3n) is 11.1. The standard InChI is InChI=1S/C47H38N2/c1-2-12-32(13-3-1)33-22-26-37(27-23-33)48-44-20-10-7-17-39(44)41-30-35(24-28-46(41)48)36-25-29-47-42(31-36)40-18-8-11-21-45(40)49(47)43-19-9-6-16-38(43)34-14-4-5-15-34/h1-8,10-14,16-18,20-24,26,28-31,36-37H,9,15,19,25,27H2. The Labute approximate surface area is 287 Å². The van der Waals surface area contributed by atoms with Gasteiger partial charge in [0.2, 0.25) is 0 Å². The van der Waals surface area contributed by atoms with Crippen LogP contribution in [-0.2, 0) is 0 Å². The van der Waals surface area contributed by atoms with Crippen LogP contribution < -0.4 is 10.6 Å². The maximum Gasteiger partial charge on any atom is 0.0560 e. The first kappa shape index (κ1) is 28.4. The largest absolute Gasteiger partial charge is 0.333 e. The fourth-order valence-corrected chi connectivity index (χ4v) is 8.77. The molecule has 0 fully saturated rings. The molecule has 4 aliphatic carbocycles. The summed E-state index contributed by atoms with van der Waals surface area (Å²) >= 11 is 0. The monoisotopic (exact) mass is 630 g/mol. The Morgan fingerprint density at radius 1 is 0.673 bits per heavy atom. The lowest BCUT2D eigenvalue weighted by Gasteiger charge is -2.21. The molecule has 0 aliphatic heterocycles. The van der Waals surface area contributed by atoms with E-state index in [-0.39, 0.29) is 6.04 Å². The van der Waals surface area contributed by atoms with Gasteiger partial charge in [-0.1, -0.05) is 134 Å². The van der Waals surface area contributed by atoms with Gasteiger partial charge in [-0.15, -0.1) is 0 Å². The fraction of sp³-hybridized carbons (Fsp3) is 0.149. The maximum absolute atomic E-state index is 2.58. The molecule has 49 heavy (non-hydrogen) atoms. The summed E-state index contributed by atoms with van der Waals surface area (Å²) in [6, 6.07) is 36.3. The minimum absolute atomic E-state index is 0.286. The van der Waals surface area contributed by atoms with E-state index in [4.69, 9.17) is 0 Å². The zero-order valence-electron chi connectivity index (χ0n) is 27.6. The van der Waals surface area contributed by atoms with Crippen molar-refractivity contribution in [1.29, 1.82) is 0 Å². The summed E-state index contributed by atoms with van der Waals surface area (Å²) in [5.41, 5.74) is 12.2. The maximum atomic E-state index is 2.58. The van der Waals surface area contributed by atoms with Crippen molar-refractivity contribution in [3.63, 3.8) is 0 Å². The van der Waals surface area contributed by atoms with E-state index in [2.05, 4.69) is 167 Å². The zero-order valence-corrected chi connectivity index (χ0v) is 27.6. The van der Waals surface area contributed by atoms with Gasteiger partial charge < -0.3 is 9.13 Å². The highest BCUT2D eigenvalue weighted by molar-refractivity contribution is 6.08. The average Bonchev–Trinajstić information content (AvgIpc) is 3.91. The number of hydrogen-bond donors (Lipinski definition) is 0. The topological polar surface area (TPSA) is 9.86 Å². The number of allylic oxidation sites excluding steroid dienone is 12. The first-order valence-electron chi connectivity index (χ1n) is 17.9. The molecule has 0 bridgehead atoms. The third kappa shape index (κ3) is 4.62. The molecule has 236 valence electrons. The molecular weight excluding hydrogens is 593 g/mol. The molecule has 4 aliphatic rings. The molecule has 2 unspecified atom stereocenters. The number of hydrogen-bond acceptors (Lipinski definition) is 0. The van der Waals surface area contributed by atoms with Crippen molar-refractivity contribution >= 4 is 56.1 Å². The SMILES string of the molecule is C1=CCC(C2=C(n3c4c(c5ccccc53)=CC(c3ccc5c(c3)c3ccccc3n5C3C=CC(c5ccccc5)=CC3)CC=4)CCC=C2)=C1. The summed E-state index contributed by atoms with van der Waals surface area (Å²) in [6.45, 7) is 0. The van der Waals surface area contributed by atoms with Gasteiger partial charge in [-0.25, -0.2) is 0 Å². The fourth-order valence-electron chi connectivity index (χ4n) is 8.77. The molecule has 2 heteroatoms. The molecule has 2 aromatic heterocycles. The zero-order chi connectivity index (χ0) is 32.3. The quantitative estimate of drug-likeness (QED) is 0.179. The number of nitrogens with zero attached hydrogens (tertiary/aromatic N) is 2. The second kappa shape index (κ2) is 11.5. The molecular formula is C47H38N2. The van der Waals surface area contributed by atoms with E-state index < -0.39 is 0 Å². The van der Waals surface area contributed by atoms with Gasteiger partial charge >= 0.3 is 0 Å². The Bertz CT molecular complexity index is 2630. The summed E-state index contributed by atoms with van der Waals surface area (Å²) in [5.74, 6) is 0.325. The van der Waals surface area contributed by atoms with Crippen LogP contribution in [0.25, 0.3) is 56.1 Å². The molecule has 10 rings (SSSR count). The highest BCUT2D eigenvalue weighted by Crippen LogP contribution is 2.39. The van der Waals surface area contributed by atoms with Gasteiger partial charge in [-0.3, -0.25) is 0 Å². The first-order valence-corrected chi connectivity index (χ1v) is 17.9. The predicted molar refractivity (Wildman–Crippen MR) is 208 cm³/mol. The Morgan fingerprint density at radius 2 is 1.49 bits per heavy atom. The van der Waals surface area contributed by atoms with Crippen LogP contribution in [0.2, 0.25) is 0 Å². The van der Waals surface area contributed by atoms with Crippen molar-refractivity contribution in [2.45, 2.75) is 44.1 Å². The van der Waals surface area contributed by atoms with Crippen LogP contribution in [-0.4, -0.2) is 9.13 Å².